The Balaban J connectivity index is 1.42. The molecule has 0 unspecified atom stereocenters. The van der Waals surface area contributed by atoms with Gasteiger partial charge in [0.05, 0.1) is 17.7 Å². The predicted octanol–water partition coefficient (Wildman–Crippen LogP) is 9.00. The van der Waals surface area contributed by atoms with Crippen molar-refractivity contribution in [3.63, 3.8) is 0 Å². The molecule has 0 heterocycles. The molecular formula is C44H79N3O6. The van der Waals surface area contributed by atoms with Crippen molar-refractivity contribution in [3.8, 4) is 0 Å². The Morgan fingerprint density at radius 2 is 1.55 bits per heavy atom. The molecule has 0 aromatic rings. The molecule has 2 amide bonds. The van der Waals surface area contributed by atoms with E-state index < -0.39 is 29.0 Å². The summed E-state index contributed by atoms with van der Waals surface area (Å²) < 4.78 is 11.1. The zero-order chi connectivity index (χ0) is 39.4. The lowest BCUT2D eigenvalue weighted by atomic mass is 9.45. The Hall–Kier alpha value is -1.84. The summed E-state index contributed by atoms with van der Waals surface area (Å²) in [5.41, 5.74) is -0.575. The van der Waals surface area contributed by atoms with Gasteiger partial charge in [0.1, 0.15) is 11.2 Å². The highest BCUT2D eigenvalue weighted by Gasteiger charge is 2.64. The third-order valence-electron chi connectivity index (χ3n) is 13.6. The quantitative estimate of drug-likeness (QED) is 0.0976. The number of alkyl carbamates (subject to hydrolysis) is 1. The summed E-state index contributed by atoms with van der Waals surface area (Å²) in [5, 5.41) is 30.2. The summed E-state index contributed by atoms with van der Waals surface area (Å²) in [6.45, 7) is 25.3. The molecule has 0 aromatic heterocycles. The van der Waals surface area contributed by atoms with Crippen molar-refractivity contribution in [1.29, 1.82) is 0 Å². The molecule has 3 saturated carbocycles. The van der Waals surface area contributed by atoms with Crippen LogP contribution in [0.2, 0.25) is 0 Å². The Morgan fingerprint density at radius 3 is 2.21 bits per heavy atom. The van der Waals surface area contributed by atoms with Crippen LogP contribution in [0.5, 0.6) is 0 Å². The lowest BCUT2D eigenvalue weighted by molar-refractivity contribution is -0.181. The number of ether oxygens (including phenoxy) is 2. The Labute approximate surface area is 323 Å². The fraction of sp³-hybridized carbons (Fsp3) is 0.909. The zero-order valence-electron chi connectivity index (χ0n) is 35.6. The van der Waals surface area contributed by atoms with Crippen LogP contribution in [0.25, 0.3) is 0 Å². The molecule has 4 aliphatic rings. The van der Waals surface area contributed by atoms with Crippen molar-refractivity contribution < 1.29 is 29.3 Å². The number of hydrogen-bond acceptors (Lipinski definition) is 7. The smallest absolute Gasteiger partial charge is 0.410 e. The number of carbonyl (C=O) groups excluding carboxylic acids is 2. The number of carbonyl (C=O) groups is 2. The van der Waals surface area contributed by atoms with Crippen molar-refractivity contribution >= 4 is 12.2 Å². The molecule has 4 rings (SSSR count). The van der Waals surface area contributed by atoms with Gasteiger partial charge in [-0.05, 0) is 141 Å². The van der Waals surface area contributed by atoms with Gasteiger partial charge in [-0.2, -0.15) is 0 Å². The standard InChI is InChI=1S/C44H79N3O6/c1-30(2)16-14-17-31(3)34-18-19-35-33-28-37(44(51)29-32(48)20-23-43(44,11)36(33)21-22-42(34,35)10)45-24-12-13-26-47(39(50)53-41(7,8)9)27-15-25-46-38(49)52-40(4,5)6/h28,30-32,34-37,45,48,51H,12-27,29H2,1-11H3,(H,46,49)/t31-,32+,34-,35+,36+,37-,42-,43-,44+/m1/s1. The number of rotatable bonds is 15. The summed E-state index contributed by atoms with van der Waals surface area (Å²) in [4.78, 5) is 27.0. The lowest BCUT2D eigenvalue weighted by Crippen LogP contribution is -2.68. The van der Waals surface area contributed by atoms with Crippen molar-refractivity contribution in [1.82, 2.24) is 15.5 Å². The first kappa shape index (κ1) is 43.9. The van der Waals surface area contributed by atoms with Crippen LogP contribution < -0.4 is 10.6 Å². The van der Waals surface area contributed by atoms with Gasteiger partial charge in [-0.1, -0.05) is 65.5 Å². The molecule has 4 N–H and O–H groups in total. The summed E-state index contributed by atoms with van der Waals surface area (Å²) in [7, 11) is 0. The molecule has 9 nitrogen and oxygen atoms in total. The maximum Gasteiger partial charge on any atom is 0.410 e. The number of allylic oxidation sites excluding steroid dienone is 1. The van der Waals surface area contributed by atoms with E-state index in [-0.39, 0.29) is 17.6 Å². The second kappa shape index (κ2) is 17.5. The number of hydrogen-bond donors (Lipinski definition) is 4. The van der Waals surface area contributed by atoms with Gasteiger partial charge in [0.25, 0.3) is 0 Å². The lowest BCUT2D eigenvalue weighted by Gasteiger charge is -2.63. The molecule has 0 bridgehead atoms. The second-order valence-corrected chi connectivity index (χ2v) is 20.4. The number of aliphatic hydroxyl groups is 2. The van der Waals surface area contributed by atoms with Crippen molar-refractivity contribution in [2.24, 2.45) is 40.4 Å². The number of unbranched alkanes of at least 4 members (excludes halogenated alkanes) is 1. The van der Waals surface area contributed by atoms with E-state index in [1.807, 2.05) is 41.5 Å². The first-order valence-electron chi connectivity index (χ1n) is 21.4. The van der Waals surface area contributed by atoms with E-state index >= 15 is 0 Å². The topological polar surface area (TPSA) is 120 Å². The highest BCUT2D eigenvalue weighted by molar-refractivity contribution is 5.68. The van der Waals surface area contributed by atoms with E-state index in [0.717, 1.165) is 49.9 Å². The van der Waals surface area contributed by atoms with Gasteiger partial charge in [-0.3, -0.25) is 0 Å². The van der Waals surface area contributed by atoms with Crippen LogP contribution >= 0.6 is 0 Å². The molecule has 0 spiro atoms. The van der Waals surface area contributed by atoms with E-state index in [1.54, 1.807) is 10.5 Å². The van der Waals surface area contributed by atoms with Crippen LogP contribution in [0, 0.1) is 40.4 Å². The third-order valence-corrected chi connectivity index (χ3v) is 13.6. The summed E-state index contributed by atoms with van der Waals surface area (Å²) in [5.74, 6) is 3.16. The first-order chi connectivity index (χ1) is 24.6. The number of fused-ring (bicyclic) bond motifs is 5. The highest BCUT2D eigenvalue weighted by Crippen LogP contribution is 2.67. The van der Waals surface area contributed by atoms with Crippen LogP contribution in [0.4, 0.5) is 9.59 Å². The van der Waals surface area contributed by atoms with Crippen LogP contribution in [0.3, 0.4) is 0 Å². The van der Waals surface area contributed by atoms with E-state index in [2.05, 4.69) is 51.3 Å². The van der Waals surface area contributed by atoms with Crippen LogP contribution in [0.15, 0.2) is 11.6 Å². The number of nitrogens with zero attached hydrogens (tertiary/aromatic N) is 1. The minimum absolute atomic E-state index is 0.223. The molecule has 306 valence electrons. The van der Waals surface area contributed by atoms with E-state index in [4.69, 9.17) is 9.47 Å². The SMILES string of the molecule is CC(C)CCC[C@@H](C)[C@H]1CC[C@H]2C3=C[C@@H](NCCCCN(CCCNC(=O)OC(C)(C)C)C(=O)OC(C)(C)C)[C@@]4(O)C[C@@H](O)CC[C@]4(C)[C@H]3CC[C@]12C. The molecule has 53 heavy (non-hydrogen) atoms. The van der Waals surface area contributed by atoms with Crippen molar-refractivity contribution in [2.75, 3.05) is 26.2 Å². The zero-order valence-corrected chi connectivity index (χ0v) is 35.6. The van der Waals surface area contributed by atoms with Crippen molar-refractivity contribution in [3.05, 3.63) is 11.6 Å². The van der Waals surface area contributed by atoms with E-state index in [1.165, 1.54) is 38.5 Å². The second-order valence-electron chi connectivity index (χ2n) is 20.4. The van der Waals surface area contributed by atoms with Gasteiger partial charge in [0, 0.05) is 31.5 Å². The van der Waals surface area contributed by atoms with E-state index in [0.29, 0.717) is 56.3 Å². The summed E-state index contributed by atoms with van der Waals surface area (Å²) in [6, 6.07) is -0.223. The average molecular weight is 746 g/mol. The fourth-order valence-electron chi connectivity index (χ4n) is 10.9. The maximum atomic E-state index is 13.2. The normalized spacial score (nSPS) is 33.3. The Morgan fingerprint density at radius 1 is 0.868 bits per heavy atom. The summed E-state index contributed by atoms with van der Waals surface area (Å²) >= 11 is 0. The molecule has 0 aromatic carbocycles. The molecule has 0 radical (unpaired) electrons. The number of nitrogens with one attached hydrogen (secondary N) is 2. The van der Waals surface area contributed by atoms with Gasteiger partial charge in [-0.25, -0.2) is 9.59 Å². The van der Waals surface area contributed by atoms with Gasteiger partial charge >= 0.3 is 12.2 Å². The molecule has 0 saturated heterocycles. The summed E-state index contributed by atoms with van der Waals surface area (Å²) in [6.07, 6.45) is 14.2. The Kier molecular flexibility index (Phi) is 14.5. The molecule has 9 heteroatoms. The minimum Gasteiger partial charge on any atom is -0.444 e. The largest absolute Gasteiger partial charge is 0.444 e. The van der Waals surface area contributed by atoms with Crippen molar-refractivity contribution in [2.45, 2.75) is 189 Å². The van der Waals surface area contributed by atoms with Gasteiger partial charge < -0.3 is 35.2 Å². The average Bonchev–Trinajstić information content (AvgIpc) is 3.38. The van der Waals surface area contributed by atoms with Crippen LogP contribution in [-0.2, 0) is 9.47 Å². The number of amides is 2. The molecular weight excluding hydrogens is 666 g/mol. The van der Waals surface area contributed by atoms with Crippen LogP contribution in [-0.4, -0.2) is 82.4 Å². The maximum absolute atomic E-state index is 13.2. The monoisotopic (exact) mass is 746 g/mol. The molecule has 9 atom stereocenters. The first-order valence-corrected chi connectivity index (χ1v) is 21.4. The molecule has 3 fully saturated rings. The number of aliphatic hydroxyl groups excluding tert-OH is 1. The predicted molar refractivity (Wildman–Crippen MR) is 214 cm³/mol. The molecule has 0 aliphatic heterocycles. The molecule has 4 aliphatic carbocycles. The fourth-order valence-corrected chi connectivity index (χ4v) is 10.9. The van der Waals surface area contributed by atoms with Crippen LogP contribution in [0.1, 0.15) is 160 Å². The third kappa shape index (κ3) is 10.7. The van der Waals surface area contributed by atoms with E-state index in [9.17, 15) is 19.8 Å². The highest BCUT2D eigenvalue weighted by atomic mass is 16.6. The van der Waals surface area contributed by atoms with Gasteiger partial charge in [0.15, 0.2) is 0 Å². The Bertz CT molecular complexity index is 1260. The van der Waals surface area contributed by atoms with Gasteiger partial charge in [0.2, 0.25) is 0 Å². The minimum atomic E-state index is -1.02. The van der Waals surface area contributed by atoms with Gasteiger partial charge in [-0.15, -0.1) is 0 Å².